The molecular formula is C30H51N2O4Si2. The Morgan fingerprint density at radius 1 is 1.05 bits per heavy atom. The highest BCUT2D eigenvalue weighted by Gasteiger charge is 2.49. The van der Waals surface area contributed by atoms with Gasteiger partial charge >= 0.3 is 6.09 Å². The van der Waals surface area contributed by atoms with Crippen LogP contribution in [0.4, 0.5) is 10.5 Å². The molecule has 2 heterocycles. The van der Waals surface area contributed by atoms with Crippen LogP contribution in [0.5, 0.6) is 0 Å². The molecule has 2 aromatic rings. The molecule has 1 fully saturated rings. The minimum atomic E-state index is -1.99. The van der Waals surface area contributed by atoms with Crippen LogP contribution in [0.25, 0.3) is 11.0 Å². The third-order valence-electron chi connectivity index (χ3n) is 8.11. The summed E-state index contributed by atoms with van der Waals surface area (Å²) in [5, 5.41) is 1.20. The number of ether oxygens (including phenoxy) is 1. The van der Waals surface area contributed by atoms with Crippen LogP contribution in [0.3, 0.4) is 0 Å². The highest BCUT2D eigenvalue weighted by Crippen LogP contribution is 2.44. The van der Waals surface area contributed by atoms with E-state index in [1.807, 2.05) is 31.7 Å². The van der Waals surface area contributed by atoms with Crippen molar-refractivity contribution in [1.82, 2.24) is 4.90 Å². The van der Waals surface area contributed by atoms with E-state index in [-0.39, 0.29) is 28.3 Å². The quantitative estimate of drug-likeness (QED) is 0.345. The second-order valence-electron chi connectivity index (χ2n) is 14.8. The van der Waals surface area contributed by atoms with Gasteiger partial charge in [-0.3, -0.25) is 0 Å². The molecule has 2 unspecified atom stereocenters. The van der Waals surface area contributed by atoms with Gasteiger partial charge in [-0.05, 0) is 68.1 Å². The predicted octanol–water partition coefficient (Wildman–Crippen LogP) is 8.26. The smallest absolute Gasteiger partial charge is 0.410 e. The molecule has 8 heteroatoms. The van der Waals surface area contributed by atoms with E-state index in [9.17, 15) is 4.79 Å². The molecule has 213 valence electrons. The molecule has 1 amide bonds. The van der Waals surface area contributed by atoms with Crippen molar-refractivity contribution < 1.29 is 18.4 Å². The lowest BCUT2D eigenvalue weighted by molar-refractivity contribution is 0.0197. The number of carbonyl (C=O) groups excluding carboxylic acids is 1. The summed E-state index contributed by atoms with van der Waals surface area (Å²) >= 11 is 0. The number of rotatable bonds is 5. The topological polar surface area (TPSA) is 55.2 Å². The average Bonchev–Trinajstić information content (AvgIpc) is 3.22. The number of nitrogens with zero attached hydrogens (tertiary/aromatic N) is 2. The van der Waals surface area contributed by atoms with Gasteiger partial charge in [0.15, 0.2) is 5.58 Å². The fourth-order valence-electron chi connectivity index (χ4n) is 5.11. The molecule has 0 spiro atoms. The summed E-state index contributed by atoms with van der Waals surface area (Å²) in [5.41, 5.74) is 2.70. The Morgan fingerprint density at radius 3 is 2.21 bits per heavy atom. The van der Waals surface area contributed by atoms with Crippen LogP contribution in [0.1, 0.15) is 74.0 Å². The first-order valence-corrected chi connectivity index (χ1v) is 19.4. The van der Waals surface area contributed by atoms with Crippen molar-refractivity contribution in [3.05, 3.63) is 30.0 Å². The van der Waals surface area contributed by atoms with Crippen molar-refractivity contribution in [3.63, 3.8) is 0 Å². The van der Waals surface area contributed by atoms with Gasteiger partial charge < -0.3 is 23.4 Å². The number of piperazine rings is 1. The van der Waals surface area contributed by atoms with Crippen molar-refractivity contribution >= 4 is 39.9 Å². The molecule has 1 saturated heterocycles. The van der Waals surface area contributed by atoms with Crippen LogP contribution in [0.15, 0.2) is 28.9 Å². The number of furan rings is 1. The van der Waals surface area contributed by atoms with Crippen molar-refractivity contribution in [2.24, 2.45) is 5.41 Å². The first-order valence-electron chi connectivity index (χ1n) is 13.9. The van der Waals surface area contributed by atoms with Crippen LogP contribution in [0.2, 0.25) is 31.2 Å². The number of hydrogen-bond acceptors (Lipinski definition) is 5. The van der Waals surface area contributed by atoms with E-state index in [1.54, 1.807) is 6.26 Å². The molecule has 3 rings (SSSR count). The van der Waals surface area contributed by atoms with Gasteiger partial charge in [0.25, 0.3) is 0 Å². The molecule has 0 bridgehead atoms. The normalized spacial score (nSPS) is 18.8. The number of anilines is 1. The van der Waals surface area contributed by atoms with E-state index in [2.05, 4.69) is 84.8 Å². The van der Waals surface area contributed by atoms with Gasteiger partial charge in [0.2, 0.25) is 9.04 Å². The maximum atomic E-state index is 13.4. The molecule has 0 N–H and O–H groups in total. The number of hydrogen-bond donors (Lipinski definition) is 0. The van der Waals surface area contributed by atoms with Crippen molar-refractivity contribution in [2.75, 3.05) is 24.5 Å². The molecule has 2 atom stereocenters. The molecular weight excluding hydrogens is 509 g/mol. The van der Waals surface area contributed by atoms with Crippen LogP contribution in [-0.2, 0) is 9.16 Å². The predicted molar refractivity (Wildman–Crippen MR) is 163 cm³/mol. The van der Waals surface area contributed by atoms with Crippen LogP contribution in [-0.4, -0.2) is 59.0 Å². The number of fused-ring (bicyclic) bond motifs is 1. The molecule has 1 aliphatic rings. The van der Waals surface area contributed by atoms with Gasteiger partial charge in [0, 0.05) is 30.7 Å². The summed E-state index contributed by atoms with van der Waals surface area (Å²) in [6.45, 7) is 30.8. The molecule has 1 radical (unpaired) electrons. The Morgan fingerprint density at radius 2 is 1.68 bits per heavy atom. The summed E-state index contributed by atoms with van der Waals surface area (Å²) in [4.78, 5) is 17.9. The Bertz CT molecular complexity index is 1120. The zero-order valence-corrected chi connectivity index (χ0v) is 28.1. The third-order valence-corrected chi connectivity index (χ3v) is 14.8. The maximum absolute atomic E-state index is 13.4. The minimum Gasteiger partial charge on any atom is -0.462 e. The zero-order valence-electron chi connectivity index (χ0n) is 26.1. The fourth-order valence-corrected chi connectivity index (χ4v) is 8.76. The van der Waals surface area contributed by atoms with Gasteiger partial charge in [0.1, 0.15) is 5.60 Å². The second kappa shape index (κ2) is 10.7. The van der Waals surface area contributed by atoms with E-state index >= 15 is 0 Å². The zero-order chi connectivity index (χ0) is 28.8. The Labute approximate surface area is 233 Å². The van der Waals surface area contributed by atoms with Crippen LogP contribution < -0.4 is 4.90 Å². The summed E-state index contributed by atoms with van der Waals surface area (Å²) in [6.07, 6.45) is 1.57. The van der Waals surface area contributed by atoms with E-state index in [0.29, 0.717) is 6.54 Å². The highest BCUT2D eigenvalue weighted by molar-refractivity contribution is 6.81. The first-order chi connectivity index (χ1) is 17.2. The summed E-state index contributed by atoms with van der Waals surface area (Å²) in [7, 11) is -2.89. The van der Waals surface area contributed by atoms with Crippen LogP contribution >= 0.6 is 0 Å². The summed E-state index contributed by atoms with van der Waals surface area (Å²) in [6, 6.07) is 6.55. The second-order valence-corrected chi connectivity index (χ2v) is 22.4. The largest absolute Gasteiger partial charge is 0.462 e. The van der Waals surface area contributed by atoms with Crippen molar-refractivity contribution in [1.29, 1.82) is 0 Å². The molecule has 38 heavy (non-hydrogen) atoms. The van der Waals surface area contributed by atoms with E-state index in [1.165, 1.54) is 5.56 Å². The van der Waals surface area contributed by atoms with Crippen molar-refractivity contribution in [3.8, 4) is 0 Å². The van der Waals surface area contributed by atoms with E-state index in [0.717, 1.165) is 29.7 Å². The maximum Gasteiger partial charge on any atom is 0.410 e. The lowest BCUT2D eigenvalue weighted by Crippen LogP contribution is -2.67. The number of carbonyl (C=O) groups is 1. The highest BCUT2D eigenvalue weighted by atomic mass is 28.3. The molecule has 1 aromatic heterocycles. The molecule has 1 aromatic carbocycles. The van der Waals surface area contributed by atoms with E-state index in [4.69, 9.17) is 13.6 Å². The number of amides is 1. The Hall–Kier alpha value is -1.78. The number of benzene rings is 1. The van der Waals surface area contributed by atoms with Gasteiger partial charge in [0.05, 0.1) is 26.1 Å². The average molecular weight is 560 g/mol. The monoisotopic (exact) mass is 559 g/mol. The first kappa shape index (κ1) is 30.8. The van der Waals surface area contributed by atoms with Crippen LogP contribution in [0, 0.1) is 5.41 Å². The lowest BCUT2D eigenvalue weighted by atomic mass is 9.84. The summed E-state index contributed by atoms with van der Waals surface area (Å²) < 4.78 is 18.5. The summed E-state index contributed by atoms with van der Waals surface area (Å²) in [5.74, 6) is 0. The minimum absolute atomic E-state index is 0.0105. The lowest BCUT2D eigenvalue weighted by Gasteiger charge is -2.52. The molecule has 1 aliphatic heterocycles. The van der Waals surface area contributed by atoms with Gasteiger partial charge in [-0.2, -0.15) is 0 Å². The SMILES string of the molecule is C[Si](C)OC(c1cc(N2CCN(C(=O)OC(C)(C)C)C([Si](C)(C)C(C)(C)C)C2)c2occc2c1)C(C)(C)C. The fraction of sp³-hybridized carbons (Fsp3) is 0.700. The standard InChI is InChI=1S/C30H51N2O4Si2/c1-28(2,3)26(36-37(10)11)22-18-21-14-17-34-25(21)23(19-22)31-15-16-32(27(33)35-29(4,5)6)24(20-31)38(12,13)30(7,8)9/h14,17-19,24,26H,15-16,20H2,1-13H3. The Kier molecular flexibility index (Phi) is 8.63. The van der Waals surface area contributed by atoms with Gasteiger partial charge in [-0.15, -0.1) is 0 Å². The molecule has 0 aliphatic carbocycles. The van der Waals surface area contributed by atoms with Gasteiger partial charge in [-0.25, -0.2) is 4.79 Å². The van der Waals surface area contributed by atoms with Gasteiger partial charge in [-0.1, -0.05) is 54.6 Å². The van der Waals surface area contributed by atoms with Crippen molar-refractivity contribution in [2.45, 2.75) is 111 Å². The third kappa shape index (κ3) is 6.68. The Balaban J connectivity index is 2.08. The van der Waals surface area contributed by atoms with E-state index < -0.39 is 22.7 Å². The molecule has 0 saturated carbocycles. The molecule has 6 nitrogen and oxygen atoms in total.